The fraction of sp³-hybridized carbons (Fsp3) is 0.0714. The van der Waals surface area contributed by atoms with E-state index in [0.717, 1.165) is 5.69 Å². The van der Waals surface area contributed by atoms with Crippen molar-refractivity contribution >= 4 is 29.0 Å². The van der Waals surface area contributed by atoms with Crippen molar-refractivity contribution in [1.29, 1.82) is 0 Å². The van der Waals surface area contributed by atoms with Crippen LogP contribution in [-0.4, -0.2) is 13.1 Å². The zero-order chi connectivity index (χ0) is 13.8. The fourth-order valence-electron chi connectivity index (χ4n) is 1.55. The van der Waals surface area contributed by atoms with Gasteiger partial charge in [-0.05, 0) is 30.3 Å². The first kappa shape index (κ1) is 13.4. The molecule has 3 nitrogen and oxygen atoms in total. The predicted octanol–water partition coefficient (Wildman–Crippen LogP) is 4.15. The molecular formula is C14H12ClFN2O. The van der Waals surface area contributed by atoms with Gasteiger partial charge in [0.05, 0.1) is 5.02 Å². The van der Waals surface area contributed by atoms with Crippen molar-refractivity contribution in [2.45, 2.75) is 0 Å². The van der Waals surface area contributed by atoms with Gasteiger partial charge in [-0.25, -0.2) is 9.18 Å². The number of hydrogen-bond donors (Lipinski definition) is 1. The van der Waals surface area contributed by atoms with Gasteiger partial charge in [-0.1, -0.05) is 29.8 Å². The Hall–Kier alpha value is -2.07. The number of hydrogen-bond acceptors (Lipinski definition) is 1. The molecule has 2 amide bonds. The van der Waals surface area contributed by atoms with Gasteiger partial charge < -0.3 is 5.32 Å². The van der Waals surface area contributed by atoms with Crippen LogP contribution in [0.3, 0.4) is 0 Å². The molecule has 0 radical (unpaired) electrons. The third-order valence-electron chi connectivity index (χ3n) is 2.62. The summed E-state index contributed by atoms with van der Waals surface area (Å²) in [6.07, 6.45) is 0. The molecule has 2 aromatic carbocycles. The lowest BCUT2D eigenvalue weighted by molar-refractivity contribution is 0.258. The summed E-state index contributed by atoms with van der Waals surface area (Å²) in [7, 11) is 1.65. The number of carbonyl (C=O) groups is 1. The lowest BCUT2D eigenvalue weighted by atomic mass is 10.3. The van der Waals surface area contributed by atoms with Gasteiger partial charge >= 0.3 is 6.03 Å². The Balaban J connectivity index is 2.10. The van der Waals surface area contributed by atoms with Gasteiger partial charge in [0.15, 0.2) is 0 Å². The maximum absolute atomic E-state index is 13.0. The number of rotatable bonds is 2. The average Bonchev–Trinajstić information content (AvgIpc) is 2.43. The highest BCUT2D eigenvalue weighted by Gasteiger charge is 2.11. The standard InChI is InChI=1S/C14H12ClFN2O/c1-18(11-5-3-2-4-6-11)14(19)17-10-7-8-13(16)12(15)9-10/h2-9H,1H3,(H,17,19). The minimum absolute atomic E-state index is 0.0276. The Labute approximate surface area is 115 Å². The molecule has 2 rings (SSSR count). The van der Waals surface area contributed by atoms with Crippen LogP contribution in [0.1, 0.15) is 0 Å². The first-order valence-corrected chi connectivity index (χ1v) is 6.00. The zero-order valence-electron chi connectivity index (χ0n) is 10.2. The molecule has 0 aliphatic heterocycles. The summed E-state index contributed by atoms with van der Waals surface area (Å²) in [4.78, 5) is 13.4. The lowest BCUT2D eigenvalue weighted by Gasteiger charge is -2.18. The van der Waals surface area contributed by atoms with E-state index < -0.39 is 5.82 Å². The van der Waals surface area contributed by atoms with Crippen molar-refractivity contribution in [1.82, 2.24) is 0 Å². The van der Waals surface area contributed by atoms with Crippen LogP contribution in [0.2, 0.25) is 5.02 Å². The maximum atomic E-state index is 13.0. The van der Waals surface area contributed by atoms with Crippen LogP contribution in [0, 0.1) is 5.82 Å². The molecule has 0 unspecified atom stereocenters. The molecule has 0 spiro atoms. The maximum Gasteiger partial charge on any atom is 0.326 e. The molecule has 0 atom stereocenters. The topological polar surface area (TPSA) is 32.3 Å². The summed E-state index contributed by atoms with van der Waals surface area (Å²) in [6, 6.07) is 12.9. The number of carbonyl (C=O) groups excluding carboxylic acids is 1. The van der Waals surface area contributed by atoms with Crippen LogP contribution >= 0.6 is 11.6 Å². The monoisotopic (exact) mass is 278 g/mol. The van der Waals surface area contributed by atoms with Gasteiger partial charge in [0.2, 0.25) is 0 Å². The molecule has 2 aromatic rings. The molecule has 0 saturated heterocycles. The molecule has 98 valence electrons. The van der Waals surface area contributed by atoms with E-state index in [1.807, 2.05) is 30.3 Å². The van der Waals surface area contributed by atoms with Crippen LogP contribution in [0.4, 0.5) is 20.6 Å². The largest absolute Gasteiger partial charge is 0.326 e. The fourth-order valence-corrected chi connectivity index (χ4v) is 1.73. The van der Waals surface area contributed by atoms with Crippen molar-refractivity contribution in [3.05, 3.63) is 59.4 Å². The molecule has 19 heavy (non-hydrogen) atoms. The van der Waals surface area contributed by atoms with Crippen LogP contribution < -0.4 is 10.2 Å². The first-order valence-electron chi connectivity index (χ1n) is 5.63. The van der Waals surface area contributed by atoms with Gasteiger partial charge in [-0.15, -0.1) is 0 Å². The number of para-hydroxylation sites is 1. The van der Waals surface area contributed by atoms with Crippen molar-refractivity contribution < 1.29 is 9.18 Å². The molecule has 1 N–H and O–H groups in total. The summed E-state index contributed by atoms with van der Waals surface area (Å²) in [5, 5.41) is 2.62. The Morgan fingerprint density at radius 2 is 1.89 bits per heavy atom. The van der Waals surface area contributed by atoms with E-state index in [0.29, 0.717) is 5.69 Å². The molecule has 0 aliphatic carbocycles. The number of benzene rings is 2. The summed E-state index contributed by atoms with van der Waals surface area (Å²) < 4.78 is 13.0. The number of urea groups is 1. The predicted molar refractivity (Wildman–Crippen MR) is 75.3 cm³/mol. The van der Waals surface area contributed by atoms with Crippen LogP contribution in [-0.2, 0) is 0 Å². The Bertz CT molecular complexity index is 589. The summed E-state index contributed by atoms with van der Waals surface area (Å²) in [6.45, 7) is 0. The van der Waals surface area contributed by atoms with Gasteiger partial charge in [-0.2, -0.15) is 0 Å². The zero-order valence-corrected chi connectivity index (χ0v) is 11.0. The highest BCUT2D eigenvalue weighted by molar-refractivity contribution is 6.31. The minimum atomic E-state index is -0.518. The van der Waals surface area contributed by atoms with E-state index >= 15 is 0 Å². The number of halogens is 2. The summed E-state index contributed by atoms with van der Waals surface area (Å²) >= 11 is 5.65. The molecule has 0 saturated carbocycles. The van der Waals surface area contributed by atoms with E-state index in [1.54, 1.807) is 7.05 Å². The number of amides is 2. The Morgan fingerprint density at radius 3 is 2.53 bits per heavy atom. The molecule has 0 heterocycles. The summed E-state index contributed by atoms with van der Waals surface area (Å²) in [5.41, 5.74) is 1.20. The first-order chi connectivity index (χ1) is 9.08. The molecule has 0 bridgehead atoms. The number of nitrogens with zero attached hydrogens (tertiary/aromatic N) is 1. The SMILES string of the molecule is CN(C(=O)Nc1ccc(F)c(Cl)c1)c1ccccc1. The highest BCUT2D eigenvalue weighted by atomic mass is 35.5. The second-order valence-electron chi connectivity index (χ2n) is 3.95. The minimum Gasteiger partial charge on any atom is -0.307 e. The number of anilines is 2. The van der Waals surface area contributed by atoms with Gasteiger partial charge in [0, 0.05) is 18.4 Å². The van der Waals surface area contributed by atoms with E-state index in [1.165, 1.54) is 23.1 Å². The molecular weight excluding hydrogens is 267 g/mol. The van der Waals surface area contributed by atoms with E-state index in [9.17, 15) is 9.18 Å². The van der Waals surface area contributed by atoms with Crippen LogP contribution in [0.25, 0.3) is 0 Å². The second kappa shape index (κ2) is 5.71. The van der Waals surface area contributed by atoms with E-state index in [2.05, 4.69) is 5.32 Å². The van der Waals surface area contributed by atoms with E-state index in [4.69, 9.17) is 11.6 Å². The molecule has 5 heteroatoms. The van der Waals surface area contributed by atoms with Gasteiger partial charge in [0.25, 0.3) is 0 Å². The van der Waals surface area contributed by atoms with E-state index in [-0.39, 0.29) is 11.1 Å². The molecule has 0 aliphatic rings. The summed E-state index contributed by atoms with van der Waals surface area (Å²) in [5.74, 6) is -0.518. The van der Waals surface area contributed by atoms with Crippen LogP contribution in [0.5, 0.6) is 0 Å². The molecule has 0 aromatic heterocycles. The highest BCUT2D eigenvalue weighted by Crippen LogP contribution is 2.20. The average molecular weight is 279 g/mol. The number of nitrogens with one attached hydrogen (secondary N) is 1. The Morgan fingerprint density at radius 1 is 1.21 bits per heavy atom. The van der Waals surface area contributed by atoms with Crippen molar-refractivity contribution in [2.75, 3.05) is 17.3 Å². The molecule has 0 fully saturated rings. The smallest absolute Gasteiger partial charge is 0.307 e. The normalized spacial score (nSPS) is 10.1. The second-order valence-corrected chi connectivity index (χ2v) is 4.36. The van der Waals surface area contributed by atoms with Gasteiger partial charge in [0.1, 0.15) is 5.82 Å². The third kappa shape index (κ3) is 3.23. The lowest BCUT2D eigenvalue weighted by Crippen LogP contribution is -2.31. The third-order valence-corrected chi connectivity index (χ3v) is 2.91. The van der Waals surface area contributed by atoms with Gasteiger partial charge in [-0.3, -0.25) is 4.90 Å². The quantitative estimate of drug-likeness (QED) is 0.879. The van der Waals surface area contributed by atoms with Crippen molar-refractivity contribution in [3.8, 4) is 0 Å². The van der Waals surface area contributed by atoms with Crippen molar-refractivity contribution in [2.24, 2.45) is 0 Å². The van der Waals surface area contributed by atoms with Crippen LogP contribution in [0.15, 0.2) is 48.5 Å². The Kier molecular flexibility index (Phi) is 4.02. The van der Waals surface area contributed by atoms with Crippen molar-refractivity contribution in [3.63, 3.8) is 0 Å².